The lowest BCUT2D eigenvalue weighted by Gasteiger charge is -2.18. The van der Waals surface area contributed by atoms with E-state index in [1.807, 2.05) is 0 Å². The number of ether oxygens (including phenoxy) is 1. The zero-order chi connectivity index (χ0) is 22.2. The number of carbonyl (C=O) groups excluding carboxylic acids is 6. The first-order valence-corrected chi connectivity index (χ1v) is 9.13. The number of imide groups is 2. The van der Waals surface area contributed by atoms with Gasteiger partial charge in [0, 0.05) is 12.7 Å². The molecule has 0 saturated carbocycles. The van der Waals surface area contributed by atoms with Crippen LogP contribution in [-0.2, 0) is 19.1 Å². The van der Waals surface area contributed by atoms with Crippen LogP contribution >= 0.6 is 0 Å². The van der Waals surface area contributed by atoms with Crippen LogP contribution in [0.5, 0.6) is 0 Å². The van der Waals surface area contributed by atoms with Crippen molar-refractivity contribution < 1.29 is 33.5 Å². The van der Waals surface area contributed by atoms with Crippen LogP contribution in [0.15, 0.2) is 18.2 Å². The summed E-state index contributed by atoms with van der Waals surface area (Å²) in [5.74, 6) is -3.07. The Hall–Kier alpha value is -3.76. The van der Waals surface area contributed by atoms with Crippen LogP contribution in [0.2, 0.25) is 0 Å². The highest BCUT2D eigenvalue weighted by Crippen LogP contribution is 2.25. The second kappa shape index (κ2) is 7.58. The summed E-state index contributed by atoms with van der Waals surface area (Å²) in [6.07, 6.45) is 0.357. The molecule has 2 heterocycles. The lowest BCUT2D eigenvalue weighted by Crippen LogP contribution is -2.43. The summed E-state index contributed by atoms with van der Waals surface area (Å²) >= 11 is 0. The van der Waals surface area contributed by atoms with Gasteiger partial charge < -0.3 is 15.4 Å². The smallest absolute Gasteiger partial charge is 0.326 e. The van der Waals surface area contributed by atoms with E-state index in [4.69, 9.17) is 4.74 Å². The molecule has 1 atom stereocenters. The van der Waals surface area contributed by atoms with Gasteiger partial charge in [-0.2, -0.15) is 0 Å². The highest BCUT2D eigenvalue weighted by Gasteiger charge is 2.47. The van der Waals surface area contributed by atoms with Crippen LogP contribution in [0.4, 0.5) is 10.5 Å². The maximum absolute atomic E-state index is 12.2. The predicted octanol–water partition coefficient (Wildman–Crippen LogP) is 0.115. The summed E-state index contributed by atoms with van der Waals surface area (Å²) in [5, 5.41) is 4.96. The predicted molar refractivity (Wildman–Crippen MR) is 101 cm³/mol. The number of fused-ring (bicyclic) bond motifs is 1. The third kappa shape index (κ3) is 3.61. The summed E-state index contributed by atoms with van der Waals surface area (Å²) in [5.41, 5.74) is -0.428. The topological polar surface area (TPSA) is 142 Å². The van der Waals surface area contributed by atoms with Gasteiger partial charge in [0.1, 0.15) is 12.1 Å². The van der Waals surface area contributed by atoms with Crippen LogP contribution < -0.4 is 10.6 Å². The monoisotopic (exact) mass is 416 g/mol. The first kappa shape index (κ1) is 21.0. The molecule has 2 aliphatic heterocycles. The minimum atomic E-state index is -1.07. The van der Waals surface area contributed by atoms with Crippen LogP contribution in [-0.4, -0.2) is 71.2 Å². The fraction of sp³-hybridized carbons (Fsp3) is 0.368. The van der Waals surface area contributed by atoms with Gasteiger partial charge in [-0.05, 0) is 31.5 Å². The van der Waals surface area contributed by atoms with E-state index in [-0.39, 0.29) is 16.8 Å². The van der Waals surface area contributed by atoms with E-state index < -0.39 is 54.3 Å². The van der Waals surface area contributed by atoms with Gasteiger partial charge >= 0.3 is 12.0 Å². The maximum atomic E-state index is 12.2. The van der Waals surface area contributed by atoms with Crippen molar-refractivity contribution in [3.8, 4) is 0 Å². The van der Waals surface area contributed by atoms with E-state index in [1.165, 1.54) is 25.2 Å². The summed E-state index contributed by atoms with van der Waals surface area (Å²) < 4.78 is 4.83. The zero-order valence-electron chi connectivity index (χ0n) is 16.6. The highest BCUT2D eigenvalue weighted by atomic mass is 16.5. The molecule has 1 aromatic carbocycles. The molecule has 30 heavy (non-hydrogen) atoms. The molecule has 1 fully saturated rings. The lowest BCUT2D eigenvalue weighted by molar-refractivity contribution is -0.150. The van der Waals surface area contributed by atoms with Crippen molar-refractivity contribution >= 4 is 41.3 Å². The van der Waals surface area contributed by atoms with E-state index in [2.05, 4.69) is 10.6 Å². The number of nitrogens with zero attached hydrogens (tertiary/aromatic N) is 2. The number of urea groups is 1. The minimum Gasteiger partial charge on any atom is -0.454 e. The highest BCUT2D eigenvalue weighted by molar-refractivity contribution is 6.21. The molecule has 11 nitrogen and oxygen atoms in total. The summed E-state index contributed by atoms with van der Waals surface area (Å²) in [4.78, 5) is 73.7. The lowest BCUT2D eigenvalue weighted by atomic mass is 9.99. The molecule has 0 aliphatic carbocycles. The van der Waals surface area contributed by atoms with Crippen molar-refractivity contribution in [2.45, 2.75) is 25.8 Å². The molecule has 1 saturated heterocycles. The van der Waals surface area contributed by atoms with Crippen molar-refractivity contribution in [3.63, 3.8) is 0 Å². The Morgan fingerprint density at radius 1 is 1.13 bits per heavy atom. The molecule has 2 aliphatic rings. The SMILES string of the molecule is CCC1(C)NC(=O)N(CC(=O)OCC(=O)Nc2ccc3c(c2)C(=O)N(C)C3=O)C1=O. The van der Waals surface area contributed by atoms with Gasteiger partial charge in [-0.25, -0.2) is 4.79 Å². The number of benzene rings is 1. The number of nitrogens with one attached hydrogen (secondary N) is 2. The number of anilines is 1. The fourth-order valence-electron chi connectivity index (χ4n) is 3.09. The molecule has 11 heteroatoms. The van der Waals surface area contributed by atoms with Gasteiger partial charge in [0.15, 0.2) is 6.61 Å². The van der Waals surface area contributed by atoms with E-state index in [0.29, 0.717) is 6.42 Å². The second-order valence-corrected chi connectivity index (χ2v) is 7.15. The standard InChI is InChI=1S/C19H20N4O7/c1-4-19(2)17(28)23(18(29)21-19)8-14(25)30-9-13(24)20-10-5-6-11-12(7-10)16(27)22(3)15(11)26/h5-7H,4,8-9H2,1-3H3,(H,20,24)(H,21,29). The quantitative estimate of drug-likeness (QED) is 0.381. The average Bonchev–Trinajstić information content (AvgIpc) is 3.06. The zero-order valence-corrected chi connectivity index (χ0v) is 16.6. The van der Waals surface area contributed by atoms with Gasteiger partial charge in [-0.15, -0.1) is 0 Å². The molecule has 0 spiro atoms. The van der Waals surface area contributed by atoms with Gasteiger partial charge in [0.25, 0.3) is 23.6 Å². The molecule has 2 N–H and O–H groups in total. The average molecular weight is 416 g/mol. The summed E-state index contributed by atoms with van der Waals surface area (Å²) in [6, 6.07) is 3.52. The minimum absolute atomic E-state index is 0.162. The second-order valence-electron chi connectivity index (χ2n) is 7.15. The molecule has 6 amide bonds. The first-order valence-electron chi connectivity index (χ1n) is 9.13. The summed E-state index contributed by atoms with van der Waals surface area (Å²) in [6.45, 7) is 2.01. The van der Waals surface area contributed by atoms with Crippen LogP contribution in [0.3, 0.4) is 0 Å². The number of esters is 1. The molecule has 1 aromatic rings. The maximum Gasteiger partial charge on any atom is 0.326 e. The number of rotatable bonds is 6. The van der Waals surface area contributed by atoms with Crippen molar-refractivity contribution in [2.24, 2.45) is 0 Å². The van der Waals surface area contributed by atoms with Crippen LogP contribution in [0.25, 0.3) is 0 Å². The van der Waals surface area contributed by atoms with E-state index in [9.17, 15) is 28.8 Å². The molecular weight excluding hydrogens is 396 g/mol. The Balaban J connectivity index is 1.54. The molecule has 0 radical (unpaired) electrons. The Morgan fingerprint density at radius 2 is 1.80 bits per heavy atom. The third-order valence-corrected chi connectivity index (χ3v) is 5.08. The van der Waals surface area contributed by atoms with Crippen LogP contribution in [0, 0.1) is 0 Å². The Kier molecular flexibility index (Phi) is 5.29. The van der Waals surface area contributed by atoms with Crippen LogP contribution in [0.1, 0.15) is 41.0 Å². The van der Waals surface area contributed by atoms with Gasteiger partial charge in [-0.1, -0.05) is 6.92 Å². The number of amides is 6. The first-order chi connectivity index (χ1) is 14.1. The number of hydrogen-bond acceptors (Lipinski definition) is 7. The molecule has 0 bridgehead atoms. The third-order valence-electron chi connectivity index (χ3n) is 5.08. The molecule has 1 unspecified atom stereocenters. The van der Waals surface area contributed by atoms with Gasteiger partial charge in [-0.3, -0.25) is 33.8 Å². The summed E-state index contributed by atoms with van der Waals surface area (Å²) in [7, 11) is 1.36. The van der Waals surface area contributed by atoms with E-state index in [0.717, 1.165) is 9.80 Å². The molecule has 0 aromatic heterocycles. The van der Waals surface area contributed by atoms with E-state index in [1.54, 1.807) is 13.8 Å². The van der Waals surface area contributed by atoms with Gasteiger partial charge in [0.05, 0.1) is 11.1 Å². The molecule has 158 valence electrons. The number of carbonyl (C=O) groups is 6. The Bertz CT molecular complexity index is 989. The normalized spacial score (nSPS) is 20.4. The Labute approximate surface area is 171 Å². The van der Waals surface area contributed by atoms with Crippen molar-refractivity contribution in [2.75, 3.05) is 25.5 Å². The fourth-order valence-corrected chi connectivity index (χ4v) is 3.09. The molecule has 3 rings (SSSR count). The molecular formula is C19H20N4O7. The van der Waals surface area contributed by atoms with Gasteiger partial charge in [0.2, 0.25) is 0 Å². The van der Waals surface area contributed by atoms with Crippen molar-refractivity contribution in [1.82, 2.24) is 15.1 Å². The van der Waals surface area contributed by atoms with E-state index >= 15 is 0 Å². The van der Waals surface area contributed by atoms with Crippen molar-refractivity contribution in [1.29, 1.82) is 0 Å². The van der Waals surface area contributed by atoms with Crippen molar-refractivity contribution in [3.05, 3.63) is 29.3 Å². The largest absolute Gasteiger partial charge is 0.454 e. The Morgan fingerprint density at radius 3 is 2.43 bits per heavy atom. The number of hydrogen-bond donors (Lipinski definition) is 2.